The minimum absolute atomic E-state index is 0.0406. The van der Waals surface area contributed by atoms with Gasteiger partial charge in [-0.1, -0.05) is 30.3 Å². The van der Waals surface area contributed by atoms with Crippen molar-refractivity contribution in [3.8, 4) is 5.75 Å². The Bertz CT molecular complexity index is 878. The van der Waals surface area contributed by atoms with Crippen LogP contribution in [0.2, 0.25) is 0 Å². The van der Waals surface area contributed by atoms with Crippen LogP contribution in [-0.4, -0.2) is 42.1 Å². The summed E-state index contributed by atoms with van der Waals surface area (Å²) < 4.78 is 13.5. The van der Waals surface area contributed by atoms with Gasteiger partial charge in [0.2, 0.25) is 11.8 Å². The molecule has 0 radical (unpaired) electrons. The SMILES string of the molecule is NC[C@@H]1CN[C@@H](C(=O)NC(CCc2ccccc2)C(=O)Nc2cc(F)ccc2O)C1. The molecule has 0 bridgehead atoms. The maximum atomic E-state index is 13.5. The van der Waals surface area contributed by atoms with E-state index in [9.17, 15) is 19.1 Å². The smallest absolute Gasteiger partial charge is 0.247 e. The van der Waals surface area contributed by atoms with Crippen molar-refractivity contribution < 1.29 is 19.1 Å². The summed E-state index contributed by atoms with van der Waals surface area (Å²) in [6.45, 7) is 1.15. The molecule has 0 saturated carbocycles. The third-order valence-corrected chi connectivity index (χ3v) is 5.29. The van der Waals surface area contributed by atoms with Crippen LogP contribution in [0.15, 0.2) is 48.5 Å². The van der Waals surface area contributed by atoms with Gasteiger partial charge in [-0.3, -0.25) is 9.59 Å². The van der Waals surface area contributed by atoms with Crippen LogP contribution in [0.25, 0.3) is 0 Å². The molecule has 1 unspecified atom stereocenters. The highest BCUT2D eigenvalue weighted by molar-refractivity contribution is 5.98. The van der Waals surface area contributed by atoms with Gasteiger partial charge in [-0.2, -0.15) is 0 Å². The average molecular weight is 414 g/mol. The monoisotopic (exact) mass is 414 g/mol. The first-order valence-electron chi connectivity index (χ1n) is 10.0. The minimum Gasteiger partial charge on any atom is -0.506 e. The Labute approximate surface area is 174 Å². The van der Waals surface area contributed by atoms with E-state index in [0.29, 0.717) is 32.4 Å². The normalized spacial score (nSPS) is 19.3. The van der Waals surface area contributed by atoms with Crippen molar-refractivity contribution in [3.05, 3.63) is 59.9 Å². The van der Waals surface area contributed by atoms with Crippen molar-refractivity contribution in [2.45, 2.75) is 31.3 Å². The Hall–Kier alpha value is -2.97. The molecule has 2 aromatic carbocycles. The molecule has 7 nitrogen and oxygen atoms in total. The number of aromatic hydroxyl groups is 1. The van der Waals surface area contributed by atoms with Gasteiger partial charge in [0.15, 0.2) is 0 Å². The molecule has 6 N–H and O–H groups in total. The maximum absolute atomic E-state index is 13.5. The molecule has 3 atom stereocenters. The van der Waals surface area contributed by atoms with Gasteiger partial charge in [0.25, 0.3) is 0 Å². The molecule has 2 aromatic rings. The zero-order valence-electron chi connectivity index (χ0n) is 16.6. The van der Waals surface area contributed by atoms with E-state index >= 15 is 0 Å². The average Bonchev–Trinajstić information content (AvgIpc) is 3.24. The number of nitrogens with one attached hydrogen (secondary N) is 3. The minimum atomic E-state index is -0.848. The summed E-state index contributed by atoms with van der Waals surface area (Å²) in [4.78, 5) is 25.6. The van der Waals surface area contributed by atoms with Crippen LogP contribution in [0.5, 0.6) is 5.75 Å². The van der Waals surface area contributed by atoms with Crippen LogP contribution in [0.1, 0.15) is 18.4 Å². The van der Waals surface area contributed by atoms with Gasteiger partial charge in [-0.05, 0) is 56.0 Å². The number of carbonyl (C=O) groups excluding carboxylic acids is 2. The van der Waals surface area contributed by atoms with Crippen molar-refractivity contribution in [1.82, 2.24) is 10.6 Å². The number of benzene rings is 2. The van der Waals surface area contributed by atoms with E-state index in [-0.39, 0.29) is 23.3 Å². The summed E-state index contributed by atoms with van der Waals surface area (Å²) in [6.07, 6.45) is 1.53. The summed E-state index contributed by atoms with van der Waals surface area (Å²) in [5.41, 5.74) is 6.67. The van der Waals surface area contributed by atoms with Gasteiger partial charge in [0, 0.05) is 6.07 Å². The molecule has 0 aliphatic carbocycles. The Morgan fingerprint density at radius 3 is 2.70 bits per heavy atom. The molecule has 0 aromatic heterocycles. The third-order valence-electron chi connectivity index (χ3n) is 5.29. The van der Waals surface area contributed by atoms with Crippen LogP contribution in [0.4, 0.5) is 10.1 Å². The van der Waals surface area contributed by atoms with Crippen LogP contribution >= 0.6 is 0 Å². The number of phenolic OH excluding ortho intramolecular Hbond substituents is 1. The van der Waals surface area contributed by atoms with E-state index in [1.54, 1.807) is 0 Å². The maximum Gasteiger partial charge on any atom is 0.247 e. The molecule has 0 spiro atoms. The first kappa shape index (κ1) is 21.7. The molecule has 3 rings (SSSR count). The number of rotatable bonds is 8. The first-order valence-corrected chi connectivity index (χ1v) is 10.0. The Morgan fingerprint density at radius 1 is 1.23 bits per heavy atom. The summed E-state index contributed by atoms with van der Waals surface area (Å²) in [5.74, 6) is -1.41. The molecule has 8 heteroatoms. The molecule has 1 aliphatic rings. The second-order valence-corrected chi connectivity index (χ2v) is 7.53. The van der Waals surface area contributed by atoms with Crippen molar-refractivity contribution in [2.24, 2.45) is 11.7 Å². The second-order valence-electron chi connectivity index (χ2n) is 7.53. The van der Waals surface area contributed by atoms with E-state index in [1.165, 1.54) is 0 Å². The number of halogens is 1. The summed E-state index contributed by atoms with van der Waals surface area (Å²) in [7, 11) is 0. The fourth-order valence-electron chi connectivity index (χ4n) is 3.51. The fraction of sp³-hybridized carbons (Fsp3) is 0.364. The van der Waals surface area contributed by atoms with Crippen LogP contribution in [-0.2, 0) is 16.0 Å². The van der Waals surface area contributed by atoms with Gasteiger partial charge < -0.3 is 26.8 Å². The highest BCUT2D eigenvalue weighted by Crippen LogP contribution is 2.24. The molecule has 1 heterocycles. The Morgan fingerprint density at radius 2 is 2.00 bits per heavy atom. The number of nitrogens with two attached hydrogens (primary N) is 1. The molecule has 1 fully saturated rings. The number of hydrogen-bond donors (Lipinski definition) is 5. The van der Waals surface area contributed by atoms with Gasteiger partial charge in [0.05, 0.1) is 11.7 Å². The van der Waals surface area contributed by atoms with Crippen molar-refractivity contribution >= 4 is 17.5 Å². The van der Waals surface area contributed by atoms with Gasteiger partial charge in [-0.15, -0.1) is 0 Å². The van der Waals surface area contributed by atoms with Crippen molar-refractivity contribution in [2.75, 3.05) is 18.4 Å². The lowest BCUT2D eigenvalue weighted by Gasteiger charge is -2.21. The fourth-order valence-corrected chi connectivity index (χ4v) is 3.51. The van der Waals surface area contributed by atoms with Crippen molar-refractivity contribution in [3.63, 3.8) is 0 Å². The lowest BCUT2D eigenvalue weighted by Crippen LogP contribution is -2.50. The Kier molecular flexibility index (Phi) is 7.37. The number of anilines is 1. The van der Waals surface area contributed by atoms with Crippen LogP contribution in [0.3, 0.4) is 0 Å². The molecule has 1 aliphatic heterocycles. The van der Waals surface area contributed by atoms with E-state index < -0.39 is 23.8 Å². The van der Waals surface area contributed by atoms with E-state index in [0.717, 1.165) is 23.8 Å². The predicted octanol–water partition coefficient (Wildman–Crippen LogP) is 1.52. The Balaban J connectivity index is 1.70. The van der Waals surface area contributed by atoms with Crippen molar-refractivity contribution in [1.29, 1.82) is 0 Å². The number of hydrogen-bond acceptors (Lipinski definition) is 5. The van der Waals surface area contributed by atoms with Crippen LogP contribution < -0.4 is 21.7 Å². The number of amides is 2. The summed E-state index contributed by atoms with van der Waals surface area (Å²) in [5, 5.41) is 18.3. The molecule has 1 saturated heterocycles. The second kappa shape index (κ2) is 10.2. The molecular weight excluding hydrogens is 387 g/mol. The van der Waals surface area contributed by atoms with Gasteiger partial charge in [0.1, 0.15) is 17.6 Å². The molecule has 160 valence electrons. The molecular formula is C22H27FN4O3. The predicted molar refractivity (Wildman–Crippen MR) is 112 cm³/mol. The number of carbonyl (C=O) groups is 2. The highest BCUT2D eigenvalue weighted by Gasteiger charge is 2.31. The lowest BCUT2D eigenvalue weighted by atomic mass is 10.0. The lowest BCUT2D eigenvalue weighted by molar-refractivity contribution is -0.127. The summed E-state index contributed by atoms with van der Waals surface area (Å²) in [6, 6.07) is 11.6. The standard InChI is InChI=1S/C22H27FN4O3/c23-16-7-9-20(28)18(11-16)27-21(29)17(8-6-14-4-2-1-3-5-14)26-22(30)19-10-15(12-24)13-25-19/h1-5,7,9,11,15,17,19,25,28H,6,8,10,12-13,24H2,(H,26,30)(H,27,29)/t15-,17?,19-/m1/s1. The van der Waals surface area contributed by atoms with Gasteiger partial charge >= 0.3 is 0 Å². The third kappa shape index (κ3) is 5.77. The molecule has 2 amide bonds. The largest absolute Gasteiger partial charge is 0.506 e. The van der Waals surface area contributed by atoms with E-state index in [4.69, 9.17) is 5.73 Å². The quantitative estimate of drug-likeness (QED) is 0.420. The topological polar surface area (TPSA) is 116 Å². The number of aryl methyl sites for hydroxylation is 1. The van der Waals surface area contributed by atoms with Gasteiger partial charge in [-0.25, -0.2) is 4.39 Å². The van der Waals surface area contributed by atoms with Crippen LogP contribution in [0, 0.1) is 11.7 Å². The number of phenols is 1. The zero-order chi connectivity index (χ0) is 21.5. The summed E-state index contributed by atoms with van der Waals surface area (Å²) >= 11 is 0. The zero-order valence-corrected chi connectivity index (χ0v) is 16.6. The first-order chi connectivity index (χ1) is 14.5. The molecule has 30 heavy (non-hydrogen) atoms. The van der Waals surface area contributed by atoms with E-state index in [2.05, 4.69) is 16.0 Å². The highest BCUT2D eigenvalue weighted by atomic mass is 19.1. The van der Waals surface area contributed by atoms with E-state index in [1.807, 2.05) is 30.3 Å².